The van der Waals surface area contributed by atoms with Gasteiger partial charge in [-0.15, -0.1) is 0 Å². The van der Waals surface area contributed by atoms with Gasteiger partial charge >= 0.3 is 0 Å². The molecule has 1 aromatic rings. The summed E-state index contributed by atoms with van der Waals surface area (Å²) in [5, 5.41) is 0. The molecule has 0 spiro atoms. The minimum absolute atomic E-state index is 0.266. The molecule has 1 atom stereocenters. The summed E-state index contributed by atoms with van der Waals surface area (Å²) in [5.74, 6) is 1.53. The van der Waals surface area contributed by atoms with Crippen molar-refractivity contribution in [3.8, 4) is 11.5 Å². The summed E-state index contributed by atoms with van der Waals surface area (Å²) < 4.78 is 16.4. The van der Waals surface area contributed by atoms with Crippen LogP contribution in [0.3, 0.4) is 0 Å². The smallest absolute Gasteiger partial charge is 0.124 e. The standard InChI is InChI=1S/C15H25NO3/c1-6-15(7-2,19-5)14(16)12-10-11(17-3)8-9-13(12)18-4/h8-10,14H,6-7,16H2,1-5H3. The van der Waals surface area contributed by atoms with Crippen LogP contribution in [0.2, 0.25) is 0 Å². The maximum absolute atomic E-state index is 6.45. The van der Waals surface area contributed by atoms with E-state index < -0.39 is 0 Å². The first-order valence-corrected chi connectivity index (χ1v) is 6.61. The highest BCUT2D eigenvalue weighted by Crippen LogP contribution is 2.38. The van der Waals surface area contributed by atoms with Crippen LogP contribution in [-0.2, 0) is 4.74 Å². The second-order valence-electron chi connectivity index (χ2n) is 4.56. The SMILES string of the molecule is CCC(CC)(OC)C(N)c1cc(OC)ccc1OC. The van der Waals surface area contributed by atoms with Gasteiger partial charge < -0.3 is 19.9 Å². The molecule has 0 fully saturated rings. The van der Waals surface area contributed by atoms with Crippen LogP contribution in [0.4, 0.5) is 0 Å². The van der Waals surface area contributed by atoms with Gasteiger partial charge in [0.05, 0.1) is 25.9 Å². The van der Waals surface area contributed by atoms with Crippen molar-refractivity contribution < 1.29 is 14.2 Å². The molecule has 0 aliphatic heterocycles. The molecule has 0 aromatic heterocycles. The number of rotatable bonds is 7. The average molecular weight is 267 g/mol. The molecule has 0 aliphatic carbocycles. The molecule has 0 aliphatic rings. The molecule has 0 saturated heterocycles. The Balaban J connectivity index is 3.26. The van der Waals surface area contributed by atoms with Gasteiger partial charge in [0.1, 0.15) is 11.5 Å². The normalized spacial score (nSPS) is 13.2. The van der Waals surface area contributed by atoms with Crippen molar-refractivity contribution in [1.29, 1.82) is 0 Å². The summed E-state index contributed by atoms with van der Waals surface area (Å²) in [4.78, 5) is 0. The molecule has 1 unspecified atom stereocenters. The van der Waals surface area contributed by atoms with Gasteiger partial charge in [0.15, 0.2) is 0 Å². The molecule has 1 aromatic carbocycles. The van der Waals surface area contributed by atoms with E-state index in [1.54, 1.807) is 21.3 Å². The first-order valence-electron chi connectivity index (χ1n) is 6.61. The van der Waals surface area contributed by atoms with Crippen LogP contribution in [0.25, 0.3) is 0 Å². The lowest BCUT2D eigenvalue weighted by Crippen LogP contribution is -2.42. The van der Waals surface area contributed by atoms with E-state index in [1.165, 1.54) is 0 Å². The molecular formula is C15H25NO3. The lowest BCUT2D eigenvalue weighted by atomic mass is 9.84. The van der Waals surface area contributed by atoms with E-state index in [2.05, 4.69) is 13.8 Å². The molecule has 0 radical (unpaired) electrons. The Morgan fingerprint density at radius 2 is 1.74 bits per heavy atom. The second kappa shape index (κ2) is 6.78. The van der Waals surface area contributed by atoms with Crippen molar-refractivity contribution in [2.45, 2.75) is 38.3 Å². The van der Waals surface area contributed by atoms with Gasteiger partial charge in [-0.3, -0.25) is 0 Å². The topological polar surface area (TPSA) is 53.7 Å². The van der Waals surface area contributed by atoms with Gasteiger partial charge in [0, 0.05) is 12.7 Å². The average Bonchev–Trinajstić information content (AvgIpc) is 2.48. The number of hydrogen-bond acceptors (Lipinski definition) is 4. The minimum Gasteiger partial charge on any atom is -0.497 e. The highest BCUT2D eigenvalue weighted by Gasteiger charge is 2.36. The number of methoxy groups -OCH3 is 3. The lowest BCUT2D eigenvalue weighted by Gasteiger charge is -2.37. The molecule has 19 heavy (non-hydrogen) atoms. The van der Waals surface area contributed by atoms with Crippen molar-refractivity contribution in [3.05, 3.63) is 23.8 Å². The molecule has 1 rings (SSSR count). The van der Waals surface area contributed by atoms with E-state index in [1.807, 2.05) is 18.2 Å². The van der Waals surface area contributed by atoms with Crippen LogP contribution in [0.15, 0.2) is 18.2 Å². The van der Waals surface area contributed by atoms with Crippen LogP contribution in [-0.4, -0.2) is 26.9 Å². The first kappa shape index (κ1) is 15.8. The Bertz CT molecular complexity index is 394. The van der Waals surface area contributed by atoms with E-state index in [9.17, 15) is 0 Å². The van der Waals surface area contributed by atoms with Gasteiger partial charge in [-0.25, -0.2) is 0 Å². The van der Waals surface area contributed by atoms with Crippen LogP contribution in [0, 0.1) is 0 Å². The number of benzene rings is 1. The first-order chi connectivity index (χ1) is 9.08. The fourth-order valence-electron chi connectivity index (χ4n) is 2.47. The van der Waals surface area contributed by atoms with Gasteiger partial charge in [0.25, 0.3) is 0 Å². The lowest BCUT2D eigenvalue weighted by molar-refractivity contribution is -0.0390. The van der Waals surface area contributed by atoms with E-state index in [0.29, 0.717) is 0 Å². The predicted octanol–water partition coefficient (Wildman–Crippen LogP) is 2.91. The van der Waals surface area contributed by atoms with Gasteiger partial charge in [0.2, 0.25) is 0 Å². The number of ether oxygens (including phenoxy) is 3. The highest BCUT2D eigenvalue weighted by atomic mass is 16.5. The second-order valence-corrected chi connectivity index (χ2v) is 4.56. The third-order valence-electron chi connectivity index (χ3n) is 3.94. The summed E-state index contributed by atoms with van der Waals surface area (Å²) in [6.45, 7) is 4.17. The zero-order valence-electron chi connectivity index (χ0n) is 12.5. The largest absolute Gasteiger partial charge is 0.497 e. The Hall–Kier alpha value is -1.26. The molecule has 0 saturated carbocycles. The summed E-state index contributed by atoms with van der Waals surface area (Å²) in [5.41, 5.74) is 6.97. The third-order valence-corrected chi connectivity index (χ3v) is 3.94. The number of nitrogens with two attached hydrogens (primary N) is 1. The van der Waals surface area contributed by atoms with Gasteiger partial charge in [-0.1, -0.05) is 13.8 Å². The van der Waals surface area contributed by atoms with Crippen molar-refractivity contribution in [3.63, 3.8) is 0 Å². The maximum atomic E-state index is 6.45. The van der Waals surface area contributed by atoms with Crippen molar-refractivity contribution >= 4 is 0 Å². The molecule has 108 valence electrons. The monoisotopic (exact) mass is 267 g/mol. The molecule has 2 N–H and O–H groups in total. The summed E-state index contributed by atoms with van der Waals surface area (Å²) in [6, 6.07) is 5.39. The molecule has 0 heterocycles. The number of hydrogen-bond donors (Lipinski definition) is 1. The minimum atomic E-state index is -0.389. The third kappa shape index (κ3) is 3.01. The van der Waals surface area contributed by atoms with Crippen molar-refractivity contribution in [2.24, 2.45) is 5.73 Å². The van der Waals surface area contributed by atoms with Crippen LogP contribution in [0.1, 0.15) is 38.3 Å². The van der Waals surface area contributed by atoms with Crippen LogP contribution >= 0.6 is 0 Å². The molecule has 0 amide bonds. The zero-order chi connectivity index (χ0) is 14.5. The van der Waals surface area contributed by atoms with E-state index >= 15 is 0 Å². The van der Waals surface area contributed by atoms with Crippen molar-refractivity contribution in [1.82, 2.24) is 0 Å². The maximum Gasteiger partial charge on any atom is 0.124 e. The summed E-state index contributed by atoms with van der Waals surface area (Å²) in [7, 11) is 4.99. The Kier molecular flexibility index (Phi) is 5.63. The Morgan fingerprint density at radius 1 is 1.11 bits per heavy atom. The summed E-state index contributed by atoms with van der Waals surface area (Å²) in [6.07, 6.45) is 1.67. The van der Waals surface area contributed by atoms with E-state index in [-0.39, 0.29) is 11.6 Å². The van der Waals surface area contributed by atoms with Crippen LogP contribution in [0.5, 0.6) is 11.5 Å². The molecular weight excluding hydrogens is 242 g/mol. The van der Waals surface area contributed by atoms with Gasteiger partial charge in [-0.2, -0.15) is 0 Å². The fourth-order valence-corrected chi connectivity index (χ4v) is 2.47. The van der Waals surface area contributed by atoms with Crippen molar-refractivity contribution in [2.75, 3.05) is 21.3 Å². The Morgan fingerprint density at radius 3 is 2.16 bits per heavy atom. The summed E-state index contributed by atoms with van der Waals surface area (Å²) >= 11 is 0. The highest BCUT2D eigenvalue weighted by molar-refractivity contribution is 5.43. The molecule has 4 heteroatoms. The predicted molar refractivity (Wildman–Crippen MR) is 76.8 cm³/mol. The fraction of sp³-hybridized carbons (Fsp3) is 0.600. The molecule has 4 nitrogen and oxygen atoms in total. The van der Waals surface area contributed by atoms with E-state index in [4.69, 9.17) is 19.9 Å². The van der Waals surface area contributed by atoms with Crippen LogP contribution < -0.4 is 15.2 Å². The Labute approximate surface area is 115 Å². The van der Waals surface area contributed by atoms with E-state index in [0.717, 1.165) is 29.9 Å². The van der Waals surface area contributed by atoms with Gasteiger partial charge in [-0.05, 0) is 31.0 Å². The quantitative estimate of drug-likeness (QED) is 0.825. The zero-order valence-corrected chi connectivity index (χ0v) is 12.5. The molecule has 0 bridgehead atoms.